The molecule has 1 heterocycles. The van der Waals surface area contributed by atoms with E-state index < -0.39 is 0 Å². The summed E-state index contributed by atoms with van der Waals surface area (Å²) in [7, 11) is 0. The molecule has 1 fully saturated rings. The van der Waals surface area contributed by atoms with E-state index in [1.807, 2.05) is 0 Å². The molecule has 0 radical (unpaired) electrons. The van der Waals surface area contributed by atoms with Gasteiger partial charge in [0.2, 0.25) is 0 Å². The largest absolute Gasteiger partial charge is 0.491 e. The molecule has 0 aromatic heterocycles. The molecule has 146 valence electrons. The van der Waals surface area contributed by atoms with Crippen LogP contribution >= 0.6 is 0 Å². The van der Waals surface area contributed by atoms with E-state index in [1.165, 1.54) is 69.8 Å². The fourth-order valence-corrected chi connectivity index (χ4v) is 3.07. The molecule has 0 N–H and O–H groups in total. The summed E-state index contributed by atoms with van der Waals surface area (Å²) in [5, 5.41) is 0. The Morgan fingerprint density at radius 3 is 2.15 bits per heavy atom. The van der Waals surface area contributed by atoms with E-state index in [9.17, 15) is 0 Å². The Labute approximate surface area is 161 Å². The second-order valence-electron chi connectivity index (χ2n) is 7.96. The first-order valence-corrected chi connectivity index (χ1v) is 10.7. The summed E-state index contributed by atoms with van der Waals surface area (Å²) in [4.78, 5) is 0. The predicted octanol–water partition coefficient (Wildman–Crippen LogP) is 6.87. The Hall–Kier alpha value is -1.28. The van der Waals surface area contributed by atoms with Gasteiger partial charge in [0.1, 0.15) is 18.0 Å². The minimum Gasteiger partial charge on any atom is -0.491 e. The van der Waals surface area contributed by atoms with Gasteiger partial charge in [0.25, 0.3) is 0 Å². The van der Waals surface area contributed by atoms with Gasteiger partial charge in [-0.05, 0) is 43.9 Å². The number of allylic oxidation sites excluding steroid dienone is 2. The van der Waals surface area contributed by atoms with Gasteiger partial charge < -0.3 is 9.47 Å². The molecule has 0 bridgehead atoms. The van der Waals surface area contributed by atoms with Crippen molar-refractivity contribution in [3.8, 4) is 5.75 Å². The van der Waals surface area contributed by atoms with E-state index in [0.717, 1.165) is 18.8 Å². The van der Waals surface area contributed by atoms with Gasteiger partial charge >= 0.3 is 0 Å². The van der Waals surface area contributed by atoms with E-state index in [0.29, 0.717) is 6.61 Å². The molecular weight excluding hydrogens is 320 g/mol. The summed E-state index contributed by atoms with van der Waals surface area (Å²) >= 11 is 0. The monoisotopic (exact) mass is 358 g/mol. The first-order valence-electron chi connectivity index (χ1n) is 10.7. The van der Waals surface area contributed by atoms with Crippen molar-refractivity contribution in [3.63, 3.8) is 0 Å². The predicted molar refractivity (Wildman–Crippen MR) is 111 cm³/mol. The third-order valence-corrected chi connectivity index (χ3v) is 5.10. The molecule has 1 unspecified atom stereocenters. The molecule has 1 atom stereocenters. The third-order valence-electron chi connectivity index (χ3n) is 5.10. The zero-order chi connectivity index (χ0) is 18.5. The van der Waals surface area contributed by atoms with Crippen molar-refractivity contribution in [2.45, 2.75) is 90.1 Å². The lowest BCUT2D eigenvalue weighted by atomic mass is 10.1. The second-order valence-corrected chi connectivity index (χ2v) is 7.96. The van der Waals surface area contributed by atoms with Crippen LogP contribution in [0.25, 0.3) is 0 Å². The van der Waals surface area contributed by atoms with Gasteiger partial charge in [-0.15, -0.1) is 0 Å². The molecule has 1 aromatic carbocycles. The number of unbranched alkanes of at least 4 members (excludes halogenated alkanes) is 9. The topological polar surface area (TPSA) is 21.8 Å². The molecule has 0 aliphatic carbocycles. The summed E-state index contributed by atoms with van der Waals surface area (Å²) in [5.41, 5.74) is 1.30. The van der Waals surface area contributed by atoms with E-state index in [-0.39, 0.29) is 5.60 Å². The molecule has 1 aromatic rings. The molecule has 0 saturated carbocycles. The van der Waals surface area contributed by atoms with Crippen LogP contribution in [0.5, 0.6) is 5.75 Å². The molecule has 26 heavy (non-hydrogen) atoms. The van der Waals surface area contributed by atoms with Crippen LogP contribution in [0.2, 0.25) is 0 Å². The first-order chi connectivity index (χ1) is 12.7. The molecule has 0 amide bonds. The smallest absolute Gasteiger partial charge is 0.123 e. The fourth-order valence-electron chi connectivity index (χ4n) is 3.07. The Balaban J connectivity index is 1.45. The van der Waals surface area contributed by atoms with Gasteiger partial charge in [0.05, 0.1) is 6.61 Å². The zero-order valence-corrected chi connectivity index (χ0v) is 17.0. The Morgan fingerprint density at radius 1 is 0.923 bits per heavy atom. The summed E-state index contributed by atoms with van der Waals surface area (Å²) in [5.74, 6) is 0.934. The maximum atomic E-state index is 5.76. The molecule has 2 rings (SSSR count). The van der Waals surface area contributed by atoms with Gasteiger partial charge in [-0.25, -0.2) is 0 Å². The Morgan fingerprint density at radius 2 is 1.54 bits per heavy atom. The maximum absolute atomic E-state index is 5.76. The number of hydrogen-bond donors (Lipinski definition) is 0. The molecule has 2 heteroatoms. The molecule has 1 aliphatic heterocycles. The average Bonchev–Trinajstić information content (AvgIpc) is 3.40. The van der Waals surface area contributed by atoms with Crippen molar-refractivity contribution in [1.82, 2.24) is 0 Å². The number of ether oxygens (including phenoxy) is 2. The van der Waals surface area contributed by atoms with Gasteiger partial charge in [-0.2, -0.15) is 0 Å². The maximum Gasteiger partial charge on any atom is 0.123 e. The summed E-state index contributed by atoms with van der Waals surface area (Å²) in [6.45, 7) is 5.82. The van der Waals surface area contributed by atoms with Crippen molar-refractivity contribution in [2.75, 3.05) is 13.2 Å². The van der Waals surface area contributed by atoms with Crippen molar-refractivity contribution in [2.24, 2.45) is 0 Å². The van der Waals surface area contributed by atoms with Crippen LogP contribution in [0.4, 0.5) is 0 Å². The van der Waals surface area contributed by atoms with Crippen LogP contribution in [0.3, 0.4) is 0 Å². The highest BCUT2D eigenvalue weighted by atomic mass is 16.6. The molecule has 1 aliphatic rings. The normalized spacial score (nSPS) is 19.2. The zero-order valence-electron chi connectivity index (χ0n) is 17.0. The Kier molecular flexibility index (Phi) is 9.84. The van der Waals surface area contributed by atoms with Crippen LogP contribution < -0.4 is 4.74 Å². The minimum absolute atomic E-state index is 0.0452. The summed E-state index contributed by atoms with van der Waals surface area (Å²) < 4.78 is 11.1. The Bertz CT molecular complexity index is 499. The number of benzene rings is 1. The highest BCUT2D eigenvalue weighted by Crippen LogP contribution is 2.27. The number of rotatable bonds is 15. The van der Waals surface area contributed by atoms with Crippen LogP contribution in [-0.2, 0) is 11.2 Å². The summed E-state index contributed by atoms with van der Waals surface area (Å²) in [6.07, 6.45) is 19.5. The number of epoxide rings is 1. The molecule has 2 nitrogen and oxygen atoms in total. The van der Waals surface area contributed by atoms with Gasteiger partial charge in [-0.1, -0.05) is 82.6 Å². The lowest BCUT2D eigenvalue weighted by Crippen LogP contribution is -2.16. The van der Waals surface area contributed by atoms with Crippen molar-refractivity contribution in [1.29, 1.82) is 0 Å². The standard InChI is InChI=1S/C24H38O2/c1-3-4-5-6-7-8-9-10-11-12-13-14-15-22-16-18-23(19-17-22)25-20-24(2)21-26-24/h13-14,16-19H,3-12,15,20-21H2,1-2H3/b14-13+. The molecule has 0 spiro atoms. The van der Waals surface area contributed by atoms with Crippen molar-refractivity contribution >= 4 is 0 Å². The van der Waals surface area contributed by atoms with Crippen LogP contribution in [0.15, 0.2) is 36.4 Å². The van der Waals surface area contributed by atoms with E-state index in [2.05, 4.69) is 50.3 Å². The van der Waals surface area contributed by atoms with Crippen molar-refractivity contribution in [3.05, 3.63) is 42.0 Å². The quantitative estimate of drug-likeness (QED) is 0.194. The first kappa shape index (κ1) is 21.0. The molecular formula is C24H38O2. The minimum atomic E-state index is -0.0452. The lowest BCUT2D eigenvalue weighted by molar-refractivity contribution is 0.202. The van der Waals surface area contributed by atoms with Gasteiger partial charge in [0, 0.05) is 0 Å². The van der Waals surface area contributed by atoms with E-state index in [1.54, 1.807) is 0 Å². The van der Waals surface area contributed by atoms with E-state index in [4.69, 9.17) is 9.47 Å². The lowest BCUT2D eigenvalue weighted by Gasteiger charge is -2.09. The average molecular weight is 359 g/mol. The van der Waals surface area contributed by atoms with Crippen molar-refractivity contribution < 1.29 is 9.47 Å². The SMILES string of the molecule is CCCCCCCCCCC/C=C/Cc1ccc(OCC2(C)CO2)cc1. The van der Waals surface area contributed by atoms with Gasteiger partial charge in [0.15, 0.2) is 0 Å². The highest BCUT2D eigenvalue weighted by Gasteiger charge is 2.40. The van der Waals surface area contributed by atoms with Gasteiger partial charge in [-0.3, -0.25) is 0 Å². The highest BCUT2D eigenvalue weighted by molar-refractivity contribution is 5.28. The number of hydrogen-bond acceptors (Lipinski definition) is 2. The van der Waals surface area contributed by atoms with Crippen LogP contribution in [0, 0.1) is 0 Å². The van der Waals surface area contributed by atoms with E-state index >= 15 is 0 Å². The fraction of sp³-hybridized carbons (Fsp3) is 0.667. The molecule has 1 saturated heterocycles. The summed E-state index contributed by atoms with van der Waals surface area (Å²) in [6, 6.07) is 8.45. The van der Waals surface area contributed by atoms with Crippen LogP contribution in [0.1, 0.15) is 83.6 Å². The third kappa shape index (κ3) is 9.43. The second kappa shape index (κ2) is 12.2. The van der Waals surface area contributed by atoms with Crippen LogP contribution in [-0.4, -0.2) is 18.8 Å².